The number of H-pyrrole nitrogens is 1. The lowest BCUT2D eigenvalue weighted by molar-refractivity contribution is 0.102. The van der Waals surface area contributed by atoms with Gasteiger partial charge in [-0.05, 0) is 37.3 Å². The smallest absolute Gasteiger partial charge is 0.274 e. The molecule has 0 atom stereocenters. The van der Waals surface area contributed by atoms with Gasteiger partial charge in [0.2, 0.25) is 0 Å². The number of anilines is 1. The van der Waals surface area contributed by atoms with Gasteiger partial charge < -0.3 is 10.3 Å². The molecule has 0 bridgehead atoms. The number of imidazole rings is 1. The Balaban J connectivity index is 1.86. The fraction of sp³-hybridized carbons (Fsp3) is 0.0714. The van der Waals surface area contributed by atoms with Crippen LogP contribution in [0.5, 0.6) is 0 Å². The molecule has 0 saturated heterocycles. The molecule has 5 nitrogen and oxygen atoms in total. The van der Waals surface area contributed by atoms with E-state index in [-0.39, 0.29) is 5.91 Å². The minimum Gasteiger partial charge on any atom is -0.345 e. The highest BCUT2D eigenvalue weighted by atomic mass is 16.1. The normalized spacial score (nSPS) is 10.6. The lowest BCUT2D eigenvalue weighted by Crippen LogP contribution is -2.13. The van der Waals surface area contributed by atoms with Crippen LogP contribution < -0.4 is 5.32 Å². The molecule has 1 aromatic carbocycles. The molecule has 0 fully saturated rings. The number of carbonyl (C=O) groups is 1. The number of amides is 1. The predicted molar refractivity (Wildman–Crippen MR) is 73.0 cm³/mol. The Bertz CT molecular complexity index is 748. The molecule has 19 heavy (non-hydrogen) atoms. The van der Waals surface area contributed by atoms with E-state index in [0.29, 0.717) is 11.4 Å². The highest BCUT2D eigenvalue weighted by Gasteiger charge is 2.08. The van der Waals surface area contributed by atoms with Gasteiger partial charge in [-0.2, -0.15) is 0 Å². The Hall–Kier alpha value is -2.69. The minimum absolute atomic E-state index is 0.220. The summed E-state index contributed by atoms with van der Waals surface area (Å²) in [6, 6.07) is 10.9. The predicted octanol–water partition coefficient (Wildman–Crippen LogP) is 2.52. The molecule has 3 aromatic rings. The van der Waals surface area contributed by atoms with Crippen molar-refractivity contribution in [1.29, 1.82) is 0 Å². The highest BCUT2D eigenvalue weighted by molar-refractivity contribution is 6.03. The summed E-state index contributed by atoms with van der Waals surface area (Å²) in [5.74, 6) is -0.220. The first-order valence-electron chi connectivity index (χ1n) is 5.90. The minimum atomic E-state index is -0.220. The van der Waals surface area contributed by atoms with E-state index in [1.807, 2.05) is 37.3 Å². The Morgan fingerprint density at radius 1 is 1.26 bits per heavy atom. The van der Waals surface area contributed by atoms with Gasteiger partial charge in [-0.15, -0.1) is 0 Å². The Labute approximate surface area is 109 Å². The van der Waals surface area contributed by atoms with Crippen LogP contribution in [0.1, 0.15) is 16.2 Å². The molecule has 0 spiro atoms. The number of pyridine rings is 1. The summed E-state index contributed by atoms with van der Waals surface area (Å²) in [4.78, 5) is 23.4. The third-order valence-electron chi connectivity index (χ3n) is 2.80. The van der Waals surface area contributed by atoms with E-state index >= 15 is 0 Å². The average Bonchev–Trinajstić information content (AvgIpc) is 2.86. The number of nitrogens with zero attached hydrogens (tertiary/aromatic N) is 2. The third-order valence-corrected chi connectivity index (χ3v) is 2.80. The zero-order valence-electron chi connectivity index (χ0n) is 10.3. The van der Waals surface area contributed by atoms with Crippen molar-refractivity contribution in [3.8, 4) is 0 Å². The number of aromatic amines is 1. The maximum Gasteiger partial charge on any atom is 0.274 e. The molecular formula is C14H12N4O. The van der Waals surface area contributed by atoms with Crippen LogP contribution in [0.15, 0.2) is 42.7 Å². The average molecular weight is 252 g/mol. The quantitative estimate of drug-likeness (QED) is 0.736. The van der Waals surface area contributed by atoms with E-state index in [1.165, 1.54) is 0 Å². The van der Waals surface area contributed by atoms with Crippen molar-refractivity contribution < 1.29 is 4.79 Å². The van der Waals surface area contributed by atoms with Crippen LogP contribution in [0.2, 0.25) is 0 Å². The molecule has 1 amide bonds. The summed E-state index contributed by atoms with van der Waals surface area (Å²) in [5, 5.41) is 2.82. The molecule has 94 valence electrons. The molecule has 0 radical (unpaired) electrons. The highest BCUT2D eigenvalue weighted by Crippen LogP contribution is 2.16. The molecule has 0 aliphatic rings. The number of hydrogen-bond acceptors (Lipinski definition) is 3. The number of benzene rings is 1. The van der Waals surface area contributed by atoms with Gasteiger partial charge in [-0.25, -0.2) is 9.97 Å². The van der Waals surface area contributed by atoms with E-state index in [0.717, 1.165) is 16.7 Å². The van der Waals surface area contributed by atoms with Gasteiger partial charge in [-0.1, -0.05) is 6.07 Å². The number of carbonyl (C=O) groups excluding carboxylic acids is 1. The fourth-order valence-corrected chi connectivity index (χ4v) is 1.88. The molecule has 0 aliphatic carbocycles. The molecule has 0 saturated carbocycles. The molecule has 3 rings (SSSR count). The second-order valence-corrected chi connectivity index (χ2v) is 4.25. The summed E-state index contributed by atoms with van der Waals surface area (Å²) >= 11 is 0. The molecule has 0 unspecified atom stereocenters. The monoisotopic (exact) mass is 252 g/mol. The largest absolute Gasteiger partial charge is 0.345 e. The maximum atomic E-state index is 12.0. The Morgan fingerprint density at radius 2 is 2.16 bits per heavy atom. The van der Waals surface area contributed by atoms with Crippen LogP contribution >= 0.6 is 0 Å². The molecular weight excluding hydrogens is 240 g/mol. The molecule has 2 aromatic heterocycles. The summed E-state index contributed by atoms with van der Waals surface area (Å²) in [6.07, 6.45) is 1.62. The van der Waals surface area contributed by atoms with Gasteiger partial charge in [0, 0.05) is 11.4 Å². The van der Waals surface area contributed by atoms with Crippen LogP contribution in [0.3, 0.4) is 0 Å². The van der Waals surface area contributed by atoms with Gasteiger partial charge in [0.05, 0.1) is 17.4 Å². The van der Waals surface area contributed by atoms with Crippen molar-refractivity contribution in [2.45, 2.75) is 6.92 Å². The van der Waals surface area contributed by atoms with Gasteiger partial charge in [0.1, 0.15) is 5.69 Å². The van der Waals surface area contributed by atoms with Gasteiger partial charge in [0.25, 0.3) is 5.91 Å². The first-order chi connectivity index (χ1) is 9.22. The van der Waals surface area contributed by atoms with Crippen molar-refractivity contribution in [1.82, 2.24) is 15.0 Å². The second-order valence-electron chi connectivity index (χ2n) is 4.25. The first kappa shape index (κ1) is 11.4. The van der Waals surface area contributed by atoms with E-state index in [1.54, 1.807) is 12.4 Å². The molecule has 0 aliphatic heterocycles. The summed E-state index contributed by atoms with van der Waals surface area (Å²) < 4.78 is 0. The SMILES string of the molecule is Cc1cccc(C(=O)Nc2ccc3nc[nH]c3c2)n1. The summed E-state index contributed by atoms with van der Waals surface area (Å²) in [5.41, 5.74) is 3.69. The number of fused-ring (bicyclic) bond motifs is 1. The van der Waals surface area contributed by atoms with E-state index < -0.39 is 0 Å². The number of aromatic nitrogens is 3. The Morgan fingerprint density at radius 3 is 3.00 bits per heavy atom. The molecule has 2 heterocycles. The number of nitrogens with one attached hydrogen (secondary N) is 2. The fourth-order valence-electron chi connectivity index (χ4n) is 1.88. The number of hydrogen-bond donors (Lipinski definition) is 2. The van der Waals surface area contributed by atoms with Crippen molar-refractivity contribution in [2.75, 3.05) is 5.32 Å². The van der Waals surface area contributed by atoms with Crippen LogP contribution in [-0.4, -0.2) is 20.9 Å². The van der Waals surface area contributed by atoms with Crippen molar-refractivity contribution in [3.05, 3.63) is 54.1 Å². The number of rotatable bonds is 2. The van der Waals surface area contributed by atoms with Crippen molar-refractivity contribution in [3.63, 3.8) is 0 Å². The van der Waals surface area contributed by atoms with Gasteiger partial charge in [0.15, 0.2) is 0 Å². The van der Waals surface area contributed by atoms with Crippen LogP contribution in [0.4, 0.5) is 5.69 Å². The standard InChI is InChI=1S/C14H12N4O/c1-9-3-2-4-12(17-9)14(19)18-10-5-6-11-13(7-10)16-8-15-11/h2-8H,1H3,(H,15,16)(H,18,19). The van der Waals surface area contributed by atoms with Gasteiger partial charge >= 0.3 is 0 Å². The Kier molecular flexibility index (Phi) is 2.72. The van der Waals surface area contributed by atoms with E-state index in [9.17, 15) is 4.79 Å². The van der Waals surface area contributed by atoms with Crippen molar-refractivity contribution >= 4 is 22.6 Å². The third kappa shape index (κ3) is 2.30. The lowest BCUT2D eigenvalue weighted by Gasteiger charge is -2.05. The van der Waals surface area contributed by atoms with Crippen LogP contribution in [-0.2, 0) is 0 Å². The van der Waals surface area contributed by atoms with Crippen molar-refractivity contribution in [2.24, 2.45) is 0 Å². The second kappa shape index (κ2) is 4.53. The van der Waals surface area contributed by atoms with E-state index in [2.05, 4.69) is 20.3 Å². The van der Waals surface area contributed by atoms with Gasteiger partial charge in [-0.3, -0.25) is 4.79 Å². The molecule has 5 heteroatoms. The first-order valence-corrected chi connectivity index (χ1v) is 5.90. The maximum absolute atomic E-state index is 12.0. The number of aryl methyl sites for hydroxylation is 1. The zero-order chi connectivity index (χ0) is 13.2. The lowest BCUT2D eigenvalue weighted by atomic mass is 10.2. The zero-order valence-corrected chi connectivity index (χ0v) is 10.3. The molecule has 2 N–H and O–H groups in total. The van der Waals surface area contributed by atoms with Crippen LogP contribution in [0.25, 0.3) is 11.0 Å². The van der Waals surface area contributed by atoms with E-state index in [4.69, 9.17) is 0 Å². The summed E-state index contributed by atoms with van der Waals surface area (Å²) in [7, 11) is 0. The topological polar surface area (TPSA) is 70.7 Å². The summed E-state index contributed by atoms with van der Waals surface area (Å²) in [6.45, 7) is 1.85. The van der Waals surface area contributed by atoms with Crippen LogP contribution in [0, 0.1) is 6.92 Å².